The molecule has 1 N–H and O–H groups in total. The summed E-state index contributed by atoms with van der Waals surface area (Å²) in [5.74, 6) is -5.97. The van der Waals surface area contributed by atoms with Gasteiger partial charge in [-0.15, -0.1) is 0 Å². The predicted octanol–water partition coefficient (Wildman–Crippen LogP) is 4.77. The molecule has 2 nitrogen and oxygen atoms in total. The number of hydrogen-bond donors (Lipinski definition) is 1. The molecular formula is C15H10ClF4NO. The molecule has 0 atom stereocenters. The lowest BCUT2D eigenvalue weighted by molar-refractivity contribution is 0.102. The first-order valence-electron chi connectivity index (χ1n) is 6.14. The van der Waals surface area contributed by atoms with Crippen molar-refractivity contribution in [2.75, 3.05) is 5.32 Å². The molecule has 0 saturated heterocycles. The van der Waals surface area contributed by atoms with Crippen LogP contribution >= 0.6 is 11.6 Å². The third kappa shape index (κ3) is 2.66. The molecule has 0 unspecified atom stereocenters. The van der Waals surface area contributed by atoms with Crippen molar-refractivity contribution >= 4 is 23.2 Å². The van der Waals surface area contributed by atoms with Crippen molar-refractivity contribution in [2.45, 2.75) is 13.8 Å². The van der Waals surface area contributed by atoms with Gasteiger partial charge in [-0.2, -0.15) is 0 Å². The molecule has 0 heterocycles. The molecule has 0 aliphatic heterocycles. The van der Waals surface area contributed by atoms with Gasteiger partial charge in [0, 0.05) is 5.56 Å². The summed E-state index contributed by atoms with van der Waals surface area (Å²) in [7, 11) is 0. The second kappa shape index (κ2) is 5.96. The van der Waals surface area contributed by atoms with Crippen LogP contribution in [0.25, 0.3) is 0 Å². The summed E-state index contributed by atoms with van der Waals surface area (Å²) in [6.07, 6.45) is 0. The predicted molar refractivity (Wildman–Crippen MR) is 75.2 cm³/mol. The topological polar surface area (TPSA) is 29.1 Å². The number of carbonyl (C=O) groups excluding carboxylic acids is 1. The van der Waals surface area contributed by atoms with Crippen LogP contribution in [0.3, 0.4) is 0 Å². The van der Waals surface area contributed by atoms with E-state index in [-0.39, 0.29) is 16.1 Å². The summed E-state index contributed by atoms with van der Waals surface area (Å²) in [6, 6.07) is 2.95. The number of halogens is 5. The summed E-state index contributed by atoms with van der Waals surface area (Å²) >= 11 is 5.83. The van der Waals surface area contributed by atoms with Crippen LogP contribution in [0.1, 0.15) is 21.5 Å². The molecule has 0 fully saturated rings. The molecule has 0 spiro atoms. The lowest BCUT2D eigenvalue weighted by Gasteiger charge is -2.13. The molecule has 2 rings (SSSR count). The van der Waals surface area contributed by atoms with Crippen LogP contribution in [0.5, 0.6) is 0 Å². The highest BCUT2D eigenvalue weighted by Crippen LogP contribution is 2.30. The summed E-state index contributed by atoms with van der Waals surface area (Å²) < 4.78 is 54.7. The van der Waals surface area contributed by atoms with Crippen molar-refractivity contribution in [3.05, 3.63) is 63.2 Å². The first kappa shape index (κ1) is 16.3. The van der Waals surface area contributed by atoms with Crippen LogP contribution in [0, 0.1) is 37.1 Å². The number of amides is 1. The Morgan fingerprint density at radius 3 is 2.09 bits per heavy atom. The fraction of sp³-hybridized carbons (Fsp3) is 0.133. The number of hydrogen-bond acceptors (Lipinski definition) is 1. The summed E-state index contributed by atoms with van der Waals surface area (Å²) in [5.41, 5.74) is -1.61. The van der Waals surface area contributed by atoms with Gasteiger partial charge in [0.15, 0.2) is 11.6 Å². The highest BCUT2D eigenvalue weighted by molar-refractivity contribution is 6.32. The molecule has 2 aromatic carbocycles. The fourth-order valence-corrected chi connectivity index (χ4v) is 2.17. The standard InChI is InChI=1S/C15H10ClF4NO/c1-6-10(13(20)12(19)7(2)11(6)16)15(22)21-14-8(17)4-3-5-9(14)18/h3-5H,1-2H3,(H,21,22). The molecule has 0 radical (unpaired) electrons. The van der Waals surface area contributed by atoms with E-state index in [1.807, 2.05) is 5.32 Å². The first-order chi connectivity index (χ1) is 10.3. The normalized spacial score (nSPS) is 10.7. The summed E-state index contributed by atoms with van der Waals surface area (Å²) in [6.45, 7) is 2.57. The van der Waals surface area contributed by atoms with Gasteiger partial charge in [-0.3, -0.25) is 4.79 Å². The molecule has 0 aliphatic rings. The van der Waals surface area contributed by atoms with Gasteiger partial charge in [0.25, 0.3) is 5.91 Å². The van der Waals surface area contributed by atoms with Crippen LogP contribution < -0.4 is 5.32 Å². The van der Waals surface area contributed by atoms with E-state index in [2.05, 4.69) is 0 Å². The minimum atomic E-state index is -1.42. The molecule has 22 heavy (non-hydrogen) atoms. The Morgan fingerprint density at radius 2 is 1.55 bits per heavy atom. The molecule has 7 heteroatoms. The second-order valence-electron chi connectivity index (χ2n) is 4.62. The Morgan fingerprint density at radius 1 is 1.00 bits per heavy atom. The number of nitrogens with one attached hydrogen (secondary N) is 1. The maximum Gasteiger partial charge on any atom is 0.259 e. The van der Waals surface area contributed by atoms with Gasteiger partial charge < -0.3 is 5.32 Å². The lowest BCUT2D eigenvalue weighted by Crippen LogP contribution is -2.19. The quantitative estimate of drug-likeness (QED) is 0.623. The van der Waals surface area contributed by atoms with Crippen LogP contribution in [0.4, 0.5) is 23.2 Å². The van der Waals surface area contributed by atoms with E-state index < -0.39 is 40.4 Å². The zero-order valence-electron chi connectivity index (χ0n) is 11.5. The molecule has 0 aliphatic carbocycles. The molecule has 0 bridgehead atoms. The number of benzene rings is 2. The number of rotatable bonds is 2. The zero-order valence-corrected chi connectivity index (χ0v) is 12.3. The van der Waals surface area contributed by atoms with E-state index in [0.717, 1.165) is 18.2 Å². The molecule has 0 aromatic heterocycles. The van der Waals surface area contributed by atoms with Crippen molar-refractivity contribution in [3.8, 4) is 0 Å². The smallest absolute Gasteiger partial charge is 0.259 e. The fourth-order valence-electron chi connectivity index (χ4n) is 1.99. The Balaban J connectivity index is 2.52. The summed E-state index contributed by atoms with van der Waals surface area (Å²) in [4.78, 5) is 12.1. The van der Waals surface area contributed by atoms with Crippen LogP contribution in [0.2, 0.25) is 5.02 Å². The average molecular weight is 332 g/mol. The molecule has 2 aromatic rings. The Hall–Kier alpha value is -2.08. The van der Waals surface area contributed by atoms with E-state index in [0.29, 0.717) is 0 Å². The monoisotopic (exact) mass is 331 g/mol. The van der Waals surface area contributed by atoms with E-state index >= 15 is 0 Å². The SMILES string of the molecule is Cc1c(F)c(F)c(C(=O)Nc2c(F)cccc2F)c(C)c1Cl. The summed E-state index contributed by atoms with van der Waals surface area (Å²) in [5, 5.41) is 1.77. The van der Waals surface area contributed by atoms with Gasteiger partial charge in [0.1, 0.15) is 17.3 Å². The van der Waals surface area contributed by atoms with Crippen molar-refractivity contribution in [2.24, 2.45) is 0 Å². The van der Waals surface area contributed by atoms with E-state index in [1.165, 1.54) is 13.8 Å². The lowest BCUT2D eigenvalue weighted by atomic mass is 10.0. The Kier molecular flexibility index (Phi) is 4.42. The van der Waals surface area contributed by atoms with Crippen LogP contribution in [0.15, 0.2) is 18.2 Å². The minimum absolute atomic E-state index is 0.0210. The maximum atomic E-state index is 14.0. The van der Waals surface area contributed by atoms with Crippen LogP contribution in [-0.2, 0) is 0 Å². The van der Waals surface area contributed by atoms with Gasteiger partial charge in [-0.05, 0) is 31.5 Å². The van der Waals surface area contributed by atoms with E-state index in [4.69, 9.17) is 11.6 Å². The van der Waals surface area contributed by atoms with Gasteiger partial charge in [-0.25, -0.2) is 17.6 Å². The van der Waals surface area contributed by atoms with Gasteiger partial charge in [0.05, 0.1) is 10.6 Å². The Bertz CT molecular complexity index is 727. The van der Waals surface area contributed by atoms with Crippen molar-refractivity contribution < 1.29 is 22.4 Å². The maximum absolute atomic E-state index is 14.0. The largest absolute Gasteiger partial charge is 0.317 e. The minimum Gasteiger partial charge on any atom is -0.317 e. The Labute approximate surface area is 128 Å². The third-order valence-electron chi connectivity index (χ3n) is 3.20. The molecule has 0 saturated carbocycles. The third-order valence-corrected chi connectivity index (χ3v) is 3.77. The van der Waals surface area contributed by atoms with E-state index in [9.17, 15) is 22.4 Å². The number of anilines is 1. The van der Waals surface area contributed by atoms with Gasteiger partial charge in [0.2, 0.25) is 0 Å². The highest BCUT2D eigenvalue weighted by atomic mass is 35.5. The second-order valence-corrected chi connectivity index (χ2v) is 5.00. The van der Waals surface area contributed by atoms with Crippen molar-refractivity contribution in [3.63, 3.8) is 0 Å². The zero-order chi connectivity index (χ0) is 16.6. The average Bonchev–Trinajstić information content (AvgIpc) is 2.47. The van der Waals surface area contributed by atoms with Crippen molar-refractivity contribution in [1.82, 2.24) is 0 Å². The van der Waals surface area contributed by atoms with E-state index in [1.54, 1.807) is 0 Å². The highest BCUT2D eigenvalue weighted by Gasteiger charge is 2.25. The van der Waals surface area contributed by atoms with Gasteiger partial charge in [-0.1, -0.05) is 17.7 Å². The number of para-hydroxylation sites is 1. The molecular weight excluding hydrogens is 322 g/mol. The first-order valence-corrected chi connectivity index (χ1v) is 6.52. The number of carbonyl (C=O) groups is 1. The van der Waals surface area contributed by atoms with Crippen molar-refractivity contribution in [1.29, 1.82) is 0 Å². The van der Waals surface area contributed by atoms with Crippen LogP contribution in [-0.4, -0.2) is 5.91 Å². The van der Waals surface area contributed by atoms with Gasteiger partial charge >= 0.3 is 0 Å². The molecule has 116 valence electrons. The molecule has 1 amide bonds.